The van der Waals surface area contributed by atoms with Crippen molar-refractivity contribution in [3.8, 4) is 17.2 Å². The van der Waals surface area contributed by atoms with Crippen molar-refractivity contribution in [2.45, 2.75) is 77.7 Å². The number of hydrogen-bond acceptors (Lipinski definition) is 6. The molecule has 6 heteroatoms. The minimum Gasteiger partial charge on any atom is -0.492 e. The largest absolute Gasteiger partial charge is 0.492 e. The molecular formula is C39H52N2O4. The highest BCUT2D eigenvalue weighted by Gasteiger charge is 2.30. The molecule has 0 saturated carbocycles. The zero-order valence-corrected chi connectivity index (χ0v) is 27.7. The Hall–Kier alpha value is -3.35. The lowest BCUT2D eigenvalue weighted by atomic mass is 9.93. The Balaban J connectivity index is 1.26. The molecule has 3 heterocycles. The third kappa shape index (κ3) is 9.82. The molecule has 0 radical (unpaired) electrons. The molecule has 3 aliphatic heterocycles. The summed E-state index contributed by atoms with van der Waals surface area (Å²) in [5.41, 5.74) is 3.26. The van der Waals surface area contributed by atoms with Gasteiger partial charge in [-0.15, -0.1) is 0 Å². The summed E-state index contributed by atoms with van der Waals surface area (Å²) in [7, 11) is 0. The van der Waals surface area contributed by atoms with Gasteiger partial charge in [-0.05, 0) is 134 Å². The van der Waals surface area contributed by atoms with Crippen LogP contribution in [0, 0.1) is 0 Å². The minimum atomic E-state index is -0.404. The lowest BCUT2D eigenvalue weighted by molar-refractivity contribution is 0.104. The van der Waals surface area contributed by atoms with Gasteiger partial charge in [0, 0.05) is 13.1 Å². The average Bonchev–Trinajstić information content (AvgIpc) is 3.05. The number of ketones is 1. The van der Waals surface area contributed by atoms with E-state index in [1.165, 1.54) is 57.2 Å². The predicted molar refractivity (Wildman–Crippen MR) is 185 cm³/mol. The quantitative estimate of drug-likeness (QED) is 0.122. The van der Waals surface area contributed by atoms with Gasteiger partial charge in [0.05, 0.1) is 11.1 Å². The summed E-state index contributed by atoms with van der Waals surface area (Å²) in [5.74, 6) is 2.15. The van der Waals surface area contributed by atoms with Crippen LogP contribution < -0.4 is 14.2 Å². The van der Waals surface area contributed by atoms with E-state index < -0.39 is 5.60 Å². The summed E-state index contributed by atoms with van der Waals surface area (Å²) in [6, 6.07) is 11.7. The van der Waals surface area contributed by atoms with Gasteiger partial charge >= 0.3 is 0 Å². The van der Waals surface area contributed by atoms with Gasteiger partial charge in [0.1, 0.15) is 36.1 Å². The first-order chi connectivity index (χ1) is 21.9. The Bertz CT molecular complexity index is 1350. The Labute approximate surface area is 270 Å². The van der Waals surface area contributed by atoms with Gasteiger partial charge in [-0.2, -0.15) is 0 Å². The summed E-state index contributed by atoms with van der Waals surface area (Å²) in [5, 5.41) is 0. The average molecular weight is 613 g/mol. The van der Waals surface area contributed by atoms with Crippen molar-refractivity contribution >= 4 is 17.9 Å². The molecule has 6 nitrogen and oxygen atoms in total. The van der Waals surface area contributed by atoms with Crippen LogP contribution in [0.15, 0.2) is 60.2 Å². The lowest BCUT2D eigenvalue weighted by Gasteiger charge is -2.32. The van der Waals surface area contributed by atoms with Crippen molar-refractivity contribution in [2.75, 3.05) is 52.5 Å². The molecule has 45 heavy (non-hydrogen) atoms. The van der Waals surface area contributed by atoms with Crippen molar-refractivity contribution in [3.63, 3.8) is 0 Å². The van der Waals surface area contributed by atoms with E-state index in [0.717, 1.165) is 61.6 Å². The molecule has 242 valence electrons. The Morgan fingerprint density at radius 2 is 1.51 bits per heavy atom. The van der Waals surface area contributed by atoms with Gasteiger partial charge in [0.2, 0.25) is 0 Å². The summed E-state index contributed by atoms with van der Waals surface area (Å²) < 4.78 is 18.9. The number of carbonyl (C=O) groups excluding carboxylic acids is 1. The SMILES string of the molecule is CC(C)=CCCC1(C)C=Cc2c(ccc(C(=O)/C=C/c3ccc(OCCN4CCCCC4)cc3)c2OCCN2CCCCC2)O1. The van der Waals surface area contributed by atoms with Crippen LogP contribution in [-0.4, -0.2) is 73.7 Å². The predicted octanol–water partition coefficient (Wildman–Crippen LogP) is 8.22. The molecule has 1 unspecified atom stereocenters. The van der Waals surface area contributed by atoms with Gasteiger partial charge in [-0.3, -0.25) is 14.6 Å². The first-order valence-electron chi connectivity index (χ1n) is 17.1. The maximum absolute atomic E-state index is 13.6. The first-order valence-corrected chi connectivity index (χ1v) is 17.1. The van der Waals surface area contributed by atoms with Crippen molar-refractivity contribution < 1.29 is 19.0 Å². The number of fused-ring (bicyclic) bond motifs is 1. The highest BCUT2D eigenvalue weighted by atomic mass is 16.5. The second kappa shape index (κ2) is 16.3. The van der Waals surface area contributed by atoms with Gasteiger partial charge < -0.3 is 14.2 Å². The maximum atomic E-state index is 13.6. The molecule has 0 bridgehead atoms. The van der Waals surface area contributed by atoms with Crippen molar-refractivity contribution in [2.24, 2.45) is 0 Å². The summed E-state index contributed by atoms with van der Waals surface area (Å²) in [6.07, 6.45) is 19.5. The van der Waals surface area contributed by atoms with Crippen LogP contribution >= 0.6 is 0 Å². The fraction of sp³-hybridized carbons (Fsp3) is 0.513. The van der Waals surface area contributed by atoms with Crippen LogP contribution in [0.1, 0.15) is 93.6 Å². The molecule has 5 rings (SSSR count). The standard InChI is InChI=1S/C39H52N2O4/c1-31(2)11-10-21-39(3)22-20-35-37(45-39)19-17-34(38(35)44-30-28-41-25-8-5-9-26-41)36(42)18-14-32-12-15-33(16-13-32)43-29-27-40-23-6-4-7-24-40/h11-20,22H,4-10,21,23-30H2,1-3H3/b18-14+. The number of nitrogens with zero attached hydrogens (tertiary/aromatic N) is 2. The third-order valence-electron chi connectivity index (χ3n) is 9.10. The van der Waals surface area contributed by atoms with E-state index in [-0.39, 0.29) is 5.78 Å². The van der Waals surface area contributed by atoms with Crippen molar-refractivity contribution in [1.82, 2.24) is 9.80 Å². The second-order valence-corrected chi connectivity index (χ2v) is 13.2. The fourth-order valence-electron chi connectivity index (χ4n) is 6.38. The summed E-state index contributed by atoms with van der Waals surface area (Å²) >= 11 is 0. The van der Waals surface area contributed by atoms with Crippen LogP contribution in [0.25, 0.3) is 12.2 Å². The van der Waals surface area contributed by atoms with Crippen LogP contribution in [0.2, 0.25) is 0 Å². The Kier molecular flexibility index (Phi) is 11.9. The maximum Gasteiger partial charge on any atom is 0.189 e. The highest BCUT2D eigenvalue weighted by Crippen LogP contribution is 2.41. The van der Waals surface area contributed by atoms with E-state index in [0.29, 0.717) is 24.5 Å². The molecule has 2 saturated heterocycles. The second-order valence-electron chi connectivity index (χ2n) is 13.2. The monoisotopic (exact) mass is 612 g/mol. The molecule has 0 N–H and O–H groups in total. The normalized spacial score (nSPS) is 20.4. The van der Waals surface area contributed by atoms with E-state index in [1.54, 1.807) is 6.08 Å². The highest BCUT2D eigenvalue weighted by molar-refractivity contribution is 6.09. The molecule has 0 spiro atoms. The topological polar surface area (TPSA) is 51.2 Å². The third-order valence-corrected chi connectivity index (χ3v) is 9.10. The summed E-state index contributed by atoms with van der Waals surface area (Å²) in [4.78, 5) is 18.5. The first kappa shape index (κ1) is 33.0. The van der Waals surface area contributed by atoms with Gasteiger partial charge in [-0.1, -0.05) is 42.7 Å². The van der Waals surface area contributed by atoms with Crippen molar-refractivity contribution in [1.29, 1.82) is 0 Å². The smallest absolute Gasteiger partial charge is 0.189 e. The molecule has 2 fully saturated rings. The van der Waals surface area contributed by atoms with E-state index in [4.69, 9.17) is 14.2 Å². The van der Waals surface area contributed by atoms with Crippen LogP contribution in [0.5, 0.6) is 17.2 Å². The molecule has 2 aromatic rings. The molecular weight excluding hydrogens is 560 g/mol. The molecule has 3 aliphatic rings. The number of hydrogen-bond donors (Lipinski definition) is 0. The zero-order chi connectivity index (χ0) is 31.5. The van der Waals surface area contributed by atoms with Gasteiger partial charge in [-0.25, -0.2) is 0 Å². The molecule has 1 atom stereocenters. The number of piperidine rings is 2. The van der Waals surface area contributed by atoms with Gasteiger partial charge in [0.25, 0.3) is 0 Å². The van der Waals surface area contributed by atoms with E-state index in [1.807, 2.05) is 42.5 Å². The van der Waals surface area contributed by atoms with E-state index in [9.17, 15) is 4.79 Å². The summed E-state index contributed by atoms with van der Waals surface area (Å²) in [6.45, 7) is 14.0. The van der Waals surface area contributed by atoms with Crippen LogP contribution in [0.3, 0.4) is 0 Å². The Morgan fingerprint density at radius 1 is 0.867 bits per heavy atom. The zero-order valence-electron chi connectivity index (χ0n) is 27.7. The molecule has 0 aliphatic carbocycles. The number of carbonyl (C=O) groups is 1. The fourth-order valence-corrected chi connectivity index (χ4v) is 6.38. The van der Waals surface area contributed by atoms with E-state index >= 15 is 0 Å². The van der Waals surface area contributed by atoms with Crippen LogP contribution in [0.4, 0.5) is 0 Å². The van der Waals surface area contributed by atoms with E-state index in [2.05, 4.69) is 48.8 Å². The molecule has 0 amide bonds. The molecule has 0 aromatic heterocycles. The number of likely N-dealkylation sites (tertiary alicyclic amines) is 2. The Morgan fingerprint density at radius 3 is 2.16 bits per heavy atom. The van der Waals surface area contributed by atoms with Gasteiger partial charge in [0.15, 0.2) is 5.78 Å². The van der Waals surface area contributed by atoms with Crippen LogP contribution in [-0.2, 0) is 0 Å². The van der Waals surface area contributed by atoms with Crippen molar-refractivity contribution in [3.05, 3.63) is 76.9 Å². The minimum absolute atomic E-state index is 0.0853. The lowest BCUT2D eigenvalue weighted by Crippen LogP contribution is -2.33. The number of ether oxygens (including phenoxy) is 3. The number of benzene rings is 2. The number of rotatable bonds is 14. The molecule has 2 aromatic carbocycles. The number of allylic oxidation sites excluding steroid dienone is 3.